The molecule has 3 fully saturated rings. The molecule has 1 aromatic heterocycles. The van der Waals surface area contributed by atoms with E-state index in [9.17, 15) is 0 Å². The van der Waals surface area contributed by atoms with Crippen molar-refractivity contribution in [1.82, 2.24) is 20.4 Å². The average Bonchev–Trinajstić information content (AvgIpc) is 3.38. The molecule has 1 aromatic rings. The summed E-state index contributed by atoms with van der Waals surface area (Å²) in [6.07, 6.45) is 6.54. The SMILES string of the molecule is CN=C(NCC(c1cccs1)N1CCOCC1)NCC1(N2CCOCC2)CCCCC1. The highest BCUT2D eigenvalue weighted by molar-refractivity contribution is 7.10. The third kappa shape index (κ3) is 5.99. The standard InChI is InChI=1S/C23H39N5O2S/c1-24-22(25-18-20(21-6-5-17-31-21)27-9-13-29-14-10-27)26-19-23(7-3-2-4-8-23)28-11-15-30-16-12-28/h5-6,17,20H,2-4,7-16,18-19H2,1H3,(H2,24,25,26). The Kier molecular flexibility index (Phi) is 8.61. The Bertz CT molecular complexity index is 666. The van der Waals surface area contributed by atoms with Gasteiger partial charge in [-0.25, -0.2) is 0 Å². The van der Waals surface area contributed by atoms with E-state index in [0.29, 0.717) is 6.04 Å². The third-order valence-electron chi connectivity index (χ3n) is 7.10. The van der Waals surface area contributed by atoms with Gasteiger partial charge in [0.05, 0.1) is 32.5 Å². The average molecular weight is 450 g/mol. The Balaban J connectivity index is 1.36. The first kappa shape index (κ1) is 23.0. The van der Waals surface area contributed by atoms with Crippen LogP contribution < -0.4 is 10.6 Å². The molecule has 2 N–H and O–H groups in total. The molecule has 4 rings (SSSR count). The van der Waals surface area contributed by atoms with Gasteiger partial charge in [0.15, 0.2) is 5.96 Å². The van der Waals surface area contributed by atoms with Gasteiger partial charge in [-0.15, -0.1) is 11.3 Å². The van der Waals surface area contributed by atoms with Crippen LogP contribution in [0.3, 0.4) is 0 Å². The van der Waals surface area contributed by atoms with Crippen LogP contribution in [0.25, 0.3) is 0 Å². The first-order chi connectivity index (χ1) is 15.3. The lowest BCUT2D eigenvalue weighted by atomic mass is 9.80. The summed E-state index contributed by atoms with van der Waals surface area (Å²) in [6.45, 7) is 9.21. The van der Waals surface area contributed by atoms with Crippen molar-refractivity contribution in [2.24, 2.45) is 4.99 Å². The van der Waals surface area contributed by atoms with Gasteiger partial charge in [0.25, 0.3) is 0 Å². The summed E-state index contributed by atoms with van der Waals surface area (Å²) in [5.74, 6) is 0.910. The monoisotopic (exact) mass is 449 g/mol. The lowest BCUT2D eigenvalue weighted by Crippen LogP contribution is -2.60. The molecule has 3 heterocycles. The maximum absolute atomic E-state index is 5.63. The van der Waals surface area contributed by atoms with Crippen molar-refractivity contribution in [2.45, 2.75) is 43.7 Å². The number of nitrogens with zero attached hydrogens (tertiary/aromatic N) is 3. The van der Waals surface area contributed by atoms with Crippen molar-refractivity contribution in [2.75, 3.05) is 72.7 Å². The Morgan fingerprint density at radius 2 is 1.77 bits per heavy atom. The molecule has 2 aliphatic heterocycles. The van der Waals surface area contributed by atoms with Gasteiger partial charge >= 0.3 is 0 Å². The predicted octanol–water partition coefficient (Wildman–Crippen LogP) is 2.32. The molecule has 1 aliphatic carbocycles. The number of morpholine rings is 2. The highest BCUT2D eigenvalue weighted by atomic mass is 32.1. The molecular weight excluding hydrogens is 410 g/mol. The number of hydrogen-bond donors (Lipinski definition) is 2. The fourth-order valence-electron chi connectivity index (χ4n) is 5.29. The Morgan fingerprint density at radius 3 is 2.42 bits per heavy atom. The quantitative estimate of drug-likeness (QED) is 0.492. The van der Waals surface area contributed by atoms with Gasteiger partial charge in [0.1, 0.15) is 0 Å². The molecule has 1 saturated carbocycles. The minimum Gasteiger partial charge on any atom is -0.379 e. The highest BCUT2D eigenvalue weighted by Crippen LogP contribution is 2.34. The van der Waals surface area contributed by atoms with Crippen LogP contribution >= 0.6 is 11.3 Å². The molecule has 2 saturated heterocycles. The third-order valence-corrected chi connectivity index (χ3v) is 8.07. The van der Waals surface area contributed by atoms with Crippen LogP contribution in [0.4, 0.5) is 0 Å². The van der Waals surface area contributed by atoms with Gasteiger partial charge in [-0.05, 0) is 24.3 Å². The zero-order chi connectivity index (χ0) is 21.4. The van der Waals surface area contributed by atoms with Crippen LogP contribution in [0.15, 0.2) is 22.5 Å². The molecular formula is C23H39N5O2S. The smallest absolute Gasteiger partial charge is 0.191 e. The van der Waals surface area contributed by atoms with Gasteiger partial charge < -0.3 is 20.1 Å². The maximum Gasteiger partial charge on any atom is 0.191 e. The Labute approximate surface area is 191 Å². The zero-order valence-electron chi connectivity index (χ0n) is 19.0. The number of hydrogen-bond acceptors (Lipinski definition) is 6. The summed E-state index contributed by atoms with van der Waals surface area (Å²) in [5.41, 5.74) is 0.233. The van der Waals surface area contributed by atoms with E-state index in [4.69, 9.17) is 9.47 Å². The van der Waals surface area contributed by atoms with Crippen molar-refractivity contribution in [3.05, 3.63) is 22.4 Å². The molecule has 0 bridgehead atoms. The molecule has 1 atom stereocenters. The highest BCUT2D eigenvalue weighted by Gasteiger charge is 2.38. The number of rotatable bonds is 7. The van der Waals surface area contributed by atoms with E-state index < -0.39 is 0 Å². The van der Waals surface area contributed by atoms with Gasteiger partial charge in [-0.2, -0.15) is 0 Å². The van der Waals surface area contributed by atoms with E-state index in [-0.39, 0.29) is 5.54 Å². The largest absolute Gasteiger partial charge is 0.379 e. The zero-order valence-corrected chi connectivity index (χ0v) is 19.8. The second-order valence-electron chi connectivity index (χ2n) is 8.87. The number of thiophene rings is 1. The number of guanidine groups is 1. The van der Waals surface area contributed by atoms with Crippen molar-refractivity contribution >= 4 is 17.3 Å². The van der Waals surface area contributed by atoms with E-state index in [1.807, 2.05) is 18.4 Å². The van der Waals surface area contributed by atoms with Crippen molar-refractivity contribution in [3.8, 4) is 0 Å². The van der Waals surface area contributed by atoms with Crippen molar-refractivity contribution in [3.63, 3.8) is 0 Å². The van der Waals surface area contributed by atoms with Gasteiger partial charge in [-0.3, -0.25) is 14.8 Å². The minimum atomic E-state index is 0.233. The first-order valence-corrected chi connectivity index (χ1v) is 12.8. The van der Waals surface area contributed by atoms with Gasteiger partial charge in [0, 0.05) is 56.7 Å². The molecule has 174 valence electrons. The van der Waals surface area contributed by atoms with E-state index in [1.54, 1.807) is 0 Å². The first-order valence-electron chi connectivity index (χ1n) is 11.9. The maximum atomic E-state index is 5.63. The molecule has 0 spiro atoms. The molecule has 0 radical (unpaired) electrons. The molecule has 1 unspecified atom stereocenters. The predicted molar refractivity (Wildman–Crippen MR) is 127 cm³/mol. The lowest BCUT2D eigenvalue weighted by Gasteiger charge is -2.48. The molecule has 7 nitrogen and oxygen atoms in total. The van der Waals surface area contributed by atoms with Gasteiger partial charge in [0.2, 0.25) is 0 Å². The minimum absolute atomic E-state index is 0.233. The molecule has 31 heavy (non-hydrogen) atoms. The van der Waals surface area contributed by atoms with Crippen LogP contribution in [0, 0.1) is 0 Å². The lowest BCUT2D eigenvalue weighted by molar-refractivity contribution is -0.0352. The topological polar surface area (TPSA) is 61.4 Å². The van der Waals surface area contributed by atoms with Gasteiger partial charge in [-0.1, -0.05) is 25.3 Å². The van der Waals surface area contributed by atoms with E-state index in [1.165, 1.54) is 37.0 Å². The molecule has 0 amide bonds. The summed E-state index contributed by atoms with van der Waals surface area (Å²) in [4.78, 5) is 11.2. The molecule has 3 aliphatic rings. The summed E-state index contributed by atoms with van der Waals surface area (Å²) in [6, 6.07) is 4.75. The summed E-state index contributed by atoms with van der Waals surface area (Å²) in [7, 11) is 1.88. The number of nitrogens with one attached hydrogen (secondary N) is 2. The van der Waals surface area contributed by atoms with Crippen LogP contribution in [0.5, 0.6) is 0 Å². The summed E-state index contributed by atoms with van der Waals surface area (Å²) >= 11 is 1.84. The van der Waals surface area contributed by atoms with E-state index in [0.717, 1.165) is 71.7 Å². The Hall–Kier alpha value is -1.19. The summed E-state index contributed by atoms with van der Waals surface area (Å²) < 4.78 is 11.2. The van der Waals surface area contributed by atoms with Crippen LogP contribution in [0.2, 0.25) is 0 Å². The van der Waals surface area contributed by atoms with E-state index in [2.05, 4.69) is 42.9 Å². The second kappa shape index (κ2) is 11.6. The fourth-order valence-corrected chi connectivity index (χ4v) is 6.16. The van der Waals surface area contributed by atoms with E-state index >= 15 is 0 Å². The van der Waals surface area contributed by atoms with Crippen LogP contribution in [-0.4, -0.2) is 94.0 Å². The fraction of sp³-hybridized carbons (Fsp3) is 0.783. The Morgan fingerprint density at radius 1 is 1.06 bits per heavy atom. The van der Waals surface area contributed by atoms with Crippen molar-refractivity contribution < 1.29 is 9.47 Å². The van der Waals surface area contributed by atoms with Crippen molar-refractivity contribution in [1.29, 1.82) is 0 Å². The second-order valence-corrected chi connectivity index (χ2v) is 9.85. The number of ether oxygens (including phenoxy) is 2. The molecule has 0 aromatic carbocycles. The summed E-state index contributed by atoms with van der Waals surface area (Å²) in [5, 5.41) is 9.50. The molecule has 8 heteroatoms. The normalized spacial score (nSPS) is 24.6. The number of aliphatic imine (C=N–C) groups is 1. The van der Waals surface area contributed by atoms with Crippen LogP contribution in [-0.2, 0) is 9.47 Å². The van der Waals surface area contributed by atoms with Crippen LogP contribution in [0.1, 0.15) is 43.0 Å².